The van der Waals surface area contributed by atoms with Crippen LogP contribution in [0.5, 0.6) is 0 Å². The summed E-state index contributed by atoms with van der Waals surface area (Å²) < 4.78 is 20.2. The number of halogens is 1. The van der Waals surface area contributed by atoms with Gasteiger partial charge in [-0.25, -0.2) is 9.29 Å². The van der Waals surface area contributed by atoms with Crippen molar-refractivity contribution in [2.24, 2.45) is 11.8 Å². The van der Waals surface area contributed by atoms with Crippen LogP contribution in [0.1, 0.15) is 55.6 Å². The number of carbonyl (C=O) groups is 4. The number of hydrogen-bond acceptors (Lipinski definition) is 6. The number of ketones is 1. The Labute approximate surface area is 197 Å². The first-order valence-corrected chi connectivity index (χ1v) is 11.4. The number of nitrogens with one attached hydrogen (secondary N) is 1. The summed E-state index contributed by atoms with van der Waals surface area (Å²) in [4.78, 5) is 53.8. The molecule has 0 bridgehead atoms. The molecule has 2 aromatic carbocycles. The fraction of sp³-hybridized carbons (Fsp3) is 0.385. The normalized spacial score (nSPS) is 26.0. The smallest absolute Gasteiger partial charge is 0.327 e. The molecule has 0 saturated carbocycles. The van der Waals surface area contributed by atoms with Crippen LogP contribution < -0.4 is 10.2 Å². The maximum Gasteiger partial charge on any atom is 0.327 e. The standard InChI is InChI=1S/C26H27FN2O5/c1-4-13-26(25(33)34-5-2)21-20(22(28-26)18-11-6-7-12-19(18)27)23(31)29(24(21)32)17-10-8-9-16(14-17)15(3)30/h6-12,14,20-22,28H,4-5,13H2,1-3H3/t20-,21+,22-,26+/m0/s1. The Hall–Kier alpha value is -3.39. The van der Waals surface area contributed by atoms with E-state index in [-0.39, 0.29) is 30.1 Å². The summed E-state index contributed by atoms with van der Waals surface area (Å²) in [7, 11) is 0. The fourth-order valence-electron chi connectivity index (χ4n) is 5.29. The molecule has 0 radical (unpaired) electrons. The highest BCUT2D eigenvalue weighted by atomic mass is 19.1. The third-order valence-corrected chi connectivity index (χ3v) is 6.69. The van der Waals surface area contributed by atoms with Gasteiger partial charge in [-0.15, -0.1) is 0 Å². The second-order valence-electron chi connectivity index (χ2n) is 8.71. The predicted octanol–water partition coefficient (Wildman–Crippen LogP) is 3.58. The van der Waals surface area contributed by atoms with E-state index in [1.165, 1.54) is 25.1 Å². The van der Waals surface area contributed by atoms with Crippen LogP contribution >= 0.6 is 0 Å². The number of rotatable bonds is 7. The van der Waals surface area contributed by atoms with Crippen molar-refractivity contribution in [2.75, 3.05) is 11.5 Å². The summed E-state index contributed by atoms with van der Waals surface area (Å²) in [5.41, 5.74) is -0.676. The molecule has 2 saturated heterocycles. The third-order valence-electron chi connectivity index (χ3n) is 6.69. The van der Waals surface area contributed by atoms with E-state index in [9.17, 15) is 23.6 Å². The third kappa shape index (κ3) is 3.62. The Morgan fingerprint density at radius 1 is 1.09 bits per heavy atom. The van der Waals surface area contributed by atoms with Crippen molar-refractivity contribution in [3.8, 4) is 0 Å². The zero-order valence-corrected chi connectivity index (χ0v) is 19.3. The molecule has 2 amide bonds. The molecule has 4 rings (SSSR count). The summed E-state index contributed by atoms with van der Waals surface area (Å²) in [6, 6.07) is 11.4. The monoisotopic (exact) mass is 466 g/mol. The Morgan fingerprint density at radius 2 is 1.82 bits per heavy atom. The van der Waals surface area contributed by atoms with E-state index < -0.39 is 47.0 Å². The van der Waals surface area contributed by atoms with Gasteiger partial charge in [-0.1, -0.05) is 43.7 Å². The highest BCUT2D eigenvalue weighted by molar-refractivity contribution is 6.24. The first-order valence-electron chi connectivity index (χ1n) is 11.4. The Balaban J connectivity index is 1.88. The quantitative estimate of drug-likeness (QED) is 0.381. The lowest BCUT2D eigenvalue weighted by atomic mass is 9.77. The van der Waals surface area contributed by atoms with Gasteiger partial charge in [-0.2, -0.15) is 0 Å². The molecule has 2 heterocycles. The van der Waals surface area contributed by atoms with Gasteiger partial charge in [0.15, 0.2) is 5.78 Å². The van der Waals surface area contributed by atoms with Crippen molar-refractivity contribution in [3.05, 3.63) is 65.5 Å². The number of fused-ring (bicyclic) bond motifs is 1. The van der Waals surface area contributed by atoms with Crippen LogP contribution in [0.3, 0.4) is 0 Å². The number of nitrogens with zero attached hydrogens (tertiary/aromatic N) is 1. The van der Waals surface area contributed by atoms with Gasteiger partial charge in [0, 0.05) is 17.2 Å². The highest BCUT2D eigenvalue weighted by Crippen LogP contribution is 2.52. The molecular weight excluding hydrogens is 439 g/mol. The highest BCUT2D eigenvalue weighted by Gasteiger charge is 2.68. The van der Waals surface area contributed by atoms with Gasteiger partial charge in [-0.05, 0) is 38.5 Å². The number of imide groups is 1. The van der Waals surface area contributed by atoms with Crippen molar-refractivity contribution in [1.29, 1.82) is 0 Å². The van der Waals surface area contributed by atoms with Crippen LogP contribution in [0.15, 0.2) is 48.5 Å². The van der Waals surface area contributed by atoms with Crippen molar-refractivity contribution >= 4 is 29.3 Å². The molecule has 7 nitrogen and oxygen atoms in total. The Morgan fingerprint density at radius 3 is 2.47 bits per heavy atom. The van der Waals surface area contributed by atoms with Crippen LogP contribution in [-0.2, 0) is 19.1 Å². The second kappa shape index (κ2) is 9.10. The number of ether oxygens (including phenoxy) is 1. The number of carbonyl (C=O) groups excluding carboxylic acids is 4. The van der Waals surface area contributed by atoms with Gasteiger partial charge in [-0.3, -0.25) is 24.5 Å². The van der Waals surface area contributed by atoms with Crippen LogP contribution in [0.2, 0.25) is 0 Å². The Bertz CT molecular complexity index is 1170. The largest absolute Gasteiger partial charge is 0.465 e. The lowest BCUT2D eigenvalue weighted by molar-refractivity contribution is -0.155. The molecule has 34 heavy (non-hydrogen) atoms. The number of Topliss-reactive ketones (excluding diaryl/α,β-unsaturated/α-hetero) is 1. The first kappa shape index (κ1) is 23.8. The molecule has 2 fully saturated rings. The van der Waals surface area contributed by atoms with Crippen molar-refractivity contribution < 1.29 is 28.3 Å². The van der Waals surface area contributed by atoms with E-state index in [1.54, 1.807) is 37.3 Å². The van der Waals surface area contributed by atoms with Crippen LogP contribution in [-0.4, -0.2) is 35.7 Å². The summed E-state index contributed by atoms with van der Waals surface area (Å²) >= 11 is 0. The van der Waals surface area contributed by atoms with E-state index >= 15 is 0 Å². The molecular formula is C26H27FN2O5. The second-order valence-corrected chi connectivity index (χ2v) is 8.71. The van der Waals surface area contributed by atoms with E-state index in [2.05, 4.69) is 5.32 Å². The van der Waals surface area contributed by atoms with Gasteiger partial charge in [0.25, 0.3) is 0 Å². The van der Waals surface area contributed by atoms with Crippen molar-refractivity contribution in [2.45, 2.75) is 45.2 Å². The summed E-state index contributed by atoms with van der Waals surface area (Å²) in [5, 5.41) is 3.17. The lowest BCUT2D eigenvalue weighted by Crippen LogP contribution is -2.56. The molecule has 8 heteroatoms. The zero-order valence-electron chi connectivity index (χ0n) is 19.3. The van der Waals surface area contributed by atoms with Gasteiger partial charge >= 0.3 is 5.97 Å². The number of esters is 1. The van der Waals surface area contributed by atoms with Gasteiger partial charge in [0.2, 0.25) is 11.8 Å². The maximum absolute atomic E-state index is 14.9. The lowest BCUT2D eigenvalue weighted by Gasteiger charge is -2.32. The molecule has 2 aliphatic heterocycles. The molecule has 178 valence electrons. The molecule has 0 unspecified atom stereocenters. The van der Waals surface area contributed by atoms with E-state index in [4.69, 9.17) is 4.74 Å². The van der Waals surface area contributed by atoms with Crippen molar-refractivity contribution in [3.63, 3.8) is 0 Å². The van der Waals surface area contributed by atoms with E-state index in [0.717, 1.165) is 4.90 Å². The molecule has 0 spiro atoms. The van der Waals surface area contributed by atoms with Crippen LogP contribution in [0.25, 0.3) is 0 Å². The summed E-state index contributed by atoms with van der Waals surface area (Å²) in [5.74, 6) is -4.58. The van der Waals surface area contributed by atoms with Gasteiger partial charge in [0.05, 0.1) is 24.1 Å². The van der Waals surface area contributed by atoms with Crippen LogP contribution in [0.4, 0.5) is 10.1 Å². The topological polar surface area (TPSA) is 92.8 Å². The molecule has 0 aliphatic carbocycles. The molecule has 1 N–H and O–H groups in total. The fourth-order valence-corrected chi connectivity index (χ4v) is 5.29. The SMILES string of the molecule is CCC[C@@]1(C(=O)OCC)N[C@@H](c2ccccc2F)[C@H]2C(=O)N(c3cccc(C(C)=O)c3)C(=O)[C@@H]21. The average molecular weight is 467 g/mol. The number of anilines is 1. The molecule has 4 atom stereocenters. The van der Waals surface area contributed by atoms with E-state index in [0.29, 0.717) is 12.0 Å². The molecule has 0 aromatic heterocycles. The number of benzene rings is 2. The molecule has 2 aromatic rings. The number of hydrogen-bond donors (Lipinski definition) is 1. The van der Waals surface area contributed by atoms with Gasteiger partial charge in [0.1, 0.15) is 11.4 Å². The number of amides is 2. The summed E-state index contributed by atoms with van der Waals surface area (Å²) in [6.45, 7) is 5.02. The summed E-state index contributed by atoms with van der Waals surface area (Å²) in [6.07, 6.45) is 0.763. The first-order chi connectivity index (χ1) is 16.3. The van der Waals surface area contributed by atoms with Crippen molar-refractivity contribution in [1.82, 2.24) is 5.32 Å². The average Bonchev–Trinajstić information content (AvgIpc) is 3.29. The minimum atomic E-state index is -1.48. The minimum absolute atomic E-state index is 0.0975. The van der Waals surface area contributed by atoms with Crippen LogP contribution in [0, 0.1) is 17.7 Å². The predicted molar refractivity (Wildman–Crippen MR) is 122 cm³/mol. The zero-order chi connectivity index (χ0) is 24.6. The maximum atomic E-state index is 14.9. The molecule has 2 aliphatic rings. The minimum Gasteiger partial charge on any atom is -0.465 e. The van der Waals surface area contributed by atoms with Gasteiger partial charge < -0.3 is 4.74 Å². The van der Waals surface area contributed by atoms with E-state index in [1.807, 2.05) is 6.92 Å². The Kier molecular flexibility index (Phi) is 6.36.